The van der Waals surface area contributed by atoms with Crippen molar-refractivity contribution in [2.24, 2.45) is 5.10 Å². The number of hydrazone groups is 1. The van der Waals surface area contributed by atoms with Crippen molar-refractivity contribution in [2.75, 3.05) is 7.11 Å². The van der Waals surface area contributed by atoms with Crippen LogP contribution in [0.15, 0.2) is 29.4 Å². The molecule has 0 saturated heterocycles. The fourth-order valence-corrected chi connectivity index (χ4v) is 2.20. The molecule has 1 aromatic carbocycles. The molecule has 1 heterocycles. The van der Waals surface area contributed by atoms with E-state index in [0.29, 0.717) is 11.3 Å². The summed E-state index contributed by atoms with van der Waals surface area (Å²) in [5.74, 6) is -0.361. The molecule has 1 atom stereocenters. The first kappa shape index (κ1) is 16.3. The Kier molecular flexibility index (Phi) is 4.15. The maximum Gasteiger partial charge on any atom is 0.438 e. The van der Waals surface area contributed by atoms with Crippen LogP contribution in [-0.4, -0.2) is 40.7 Å². The van der Waals surface area contributed by atoms with Crippen molar-refractivity contribution >= 4 is 11.6 Å². The highest BCUT2D eigenvalue weighted by Gasteiger charge is 2.62. The second kappa shape index (κ2) is 5.60. The second-order valence-corrected chi connectivity index (χ2v) is 5.06. The third-order valence-electron chi connectivity index (χ3n) is 3.33. The van der Waals surface area contributed by atoms with E-state index < -0.39 is 24.2 Å². The van der Waals surface area contributed by atoms with Crippen molar-refractivity contribution in [3.8, 4) is 5.75 Å². The molecular formula is C14H15F3N2O3. The number of hydrogen-bond donors (Lipinski definition) is 1. The molecule has 5 nitrogen and oxygen atoms in total. The van der Waals surface area contributed by atoms with Crippen LogP contribution in [-0.2, 0) is 11.2 Å². The molecule has 0 bridgehead atoms. The normalized spacial score (nSPS) is 21.7. The van der Waals surface area contributed by atoms with Gasteiger partial charge in [-0.3, -0.25) is 4.79 Å². The van der Waals surface area contributed by atoms with Gasteiger partial charge in [0.25, 0.3) is 5.72 Å². The first-order chi connectivity index (χ1) is 10.2. The minimum absolute atomic E-state index is 0.0444. The number of benzene rings is 1. The Balaban J connectivity index is 2.19. The van der Waals surface area contributed by atoms with Crippen molar-refractivity contribution in [2.45, 2.75) is 31.7 Å². The number of hydrogen-bond acceptors (Lipinski definition) is 4. The summed E-state index contributed by atoms with van der Waals surface area (Å²) in [4.78, 5) is 12.1. The molecule has 0 fully saturated rings. The van der Waals surface area contributed by atoms with Gasteiger partial charge in [0.05, 0.1) is 13.5 Å². The van der Waals surface area contributed by atoms with Gasteiger partial charge in [-0.05, 0) is 24.6 Å². The lowest BCUT2D eigenvalue weighted by Crippen LogP contribution is -2.57. The van der Waals surface area contributed by atoms with Crippen molar-refractivity contribution in [1.29, 1.82) is 0 Å². The smallest absolute Gasteiger partial charge is 0.438 e. The largest absolute Gasteiger partial charge is 0.497 e. The molecule has 0 aromatic heterocycles. The zero-order valence-corrected chi connectivity index (χ0v) is 12.0. The van der Waals surface area contributed by atoms with Gasteiger partial charge in [-0.2, -0.15) is 23.3 Å². The average Bonchev–Trinajstić information content (AvgIpc) is 2.76. The van der Waals surface area contributed by atoms with E-state index in [0.717, 1.165) is 0 Å². The van der Waals surface area contributed by atoms with Gasteiger partial charge in [0, 0.05) is 12.1 Å². The zero-order valence-electron chi connectivity index (χ0n) is 12.0. The molecule has 0 radical (unpaired) electrons. The van der Waals surface area contributed by atoms with Crippen molar-refractivity contribution < 1.29 is 27.8 Å². The lowest BCUT2D eigenvalue weighted by atomic mass is 10.1. The molecule has 22 heavy (non-hydrogen) atoms. The van der Waals surface area contributed by atoms with Gasteiger partial charge in [0.2, 0.25) is 5.91 Å². The Labute approximate surface area is 125 Å². The molecule has 1 N–H and O–H groups in total. The van der Waals surface area contributed by atoms with Gasteiger partial charge in [0.15, 0.2) is 0 Å². The molecule has 1 aliphatic heterocycles. The SMILES string of the molecule is COc1ccc(CC(=O)N2N=C(C)C[C@]2(O)C(F)(F)F)cc1. The number of amides is 1. The van der Waals surface area contributed by atoms with Gasteiger partial charge in [-0.25, -0.2) is 0 Å². The number of nitrogens with zero attached hydrogens (tertiary/aromatic N) is 2. The lowest BCUT2D eigenvalue weighted by Gasteiger charge is -2.32. The predicted octanol–water partition coefficient (Wildman–Crippen LogP) is 2.10. The maximum atomic E-state index is 13.0. The minimum Gasteiger partial charge on any atom is -0.497 e. The number of rotatable bonds is 3. The fourth-order valence-electron chi connectivity index (χ4n) is 2.20. The molecular weight excluding hydrogens is 301 g/mol. The van der Waals surface area contributed by atoms with Crippen LogP contribution >= 0.6 is 0 Å². The van der Waals surface area contributed by atoms with E-state index in [-0.39, 0.29) is 17.1 Å². The van der Waals surface area contributed by atoms with E-state index in [1.54, 1.807) is 24.3 Å². The number of halogens is 3. The quantitative estimate of drug-likeness (QED) is 0.929. The number of methoxy groups -OCH3 is 1. The second-order valence-electron chi connectivity index (χ2n) is 5.06. The third-order valence-corrected chi connectivity index (χ3v) is 3.33. The van der Waals surface area contributed by atoms with Crippen LogP contribution < -0.4 is 4.74 Å². The van der Waals surface area contributed by atoms with Crippen molar-refractivity contribution in [1.82, 2.24) is 5.01 Å². The zero-order chi connectivity index (χ0) is 16.5. The molecule has 0 unspecified atom stereocenters. The van der Waals surface area contributed by atoms with Gasteiger partial charge in [-0.15, -0.1) is 0 Å². The number of carbonyl (C=O) groups excluding carboxylic acids is 1. The highest BCUT2D eigenvalue weighted by molar-refractivity contribution is 5.89. The van der Waals surface area contributed by atoms with Crippen molar-refractivity contribution in [3.05, 3.63) is 29.8 Å². The van der Waals surface area contributed by atoms with Crippen LogP contribution in [0.3, 0.4) is 0 Å². The molecule has 2 rings (SSSR count). The van der Waals surface area contributed by atoms with Crippen LogP contribution in [0.2, 0.25) is 0 Å². The Bertz CT molecular complexity index is 598. The summed E-state index contributed by atoms with van der Waals surface area (Å²) in [6.07, 6.45) is -6.03. The molecule has 1 amide bonds. The molecule has 8 heteroatoms. The lowest BCUT2D eigenvalue weighted by molar-refractivity contribution is -0.302. The summed E-state index contributed by atoms with van der Waals surface area (Å²) in [5, 5.41) is 13.5. The van der Waals surface area contributed by atoms with Crippen LogP contribution in [0.4, 0.5) is 13.2 Å². The van der Waals surface area contributed by atoms with E-state index in [4.69, 9.17) is 4.74 Å². The first-order valence-electron chi connectivity index (χ1n) is 6.46. The summed E-state index contributed by atoms with van der Waals surface area (Å²) in [5.41, 5.74) is -2.74. The van der Waals surface area contributed by atoms with E-state index in [1.807, 2.05) is 0 Å². The molecule has 0 saturated carbocycles. The average molecular weight is 316 g/mol. The number of ether oxygens (including phenoxy) is 1. The van der Waals surface area contributed by atoms with Gasteiger partial charge < -0.3 is 9.84 Å². The summed E-state index contributed by atoms with van der Waals surface area (Å²) in [7, 11) is 1.48. The summed E-state index contributed by atoms with van der Waals surface area (Å²) in [6.45, 7) is 1.33. The van der Waals surface area contributed by atoms with Crippen molar-refractivity contribution in [3.63, 3.8) is 0 Å². The molecule has 1 aliphatic rings. The van der Waals surface area contributed by atoms with E-state index >= 15 is 0 Å². The molecule has 0 spiro atoms. The van der Waals surface area contributed by atoms with E-state index in [2.05, 4.69) is 5.10 Å². The van der Waals surface area contributed by atoms with E-state index in [9.17, 15) is 23.1 Å². The molecule has 1 aromatic rings. The summed E-state index contributed by atoms with van der Waals surface area (Å²) in [6, 6.07) is 6.32. The predicted molar refractivity (Wildman–Crippen MR) is 72.3 cm³/mol. The Morgan fingerprint density at radius 1 is 1.41 bits per heavy atom. The van der Waals surface area contributed by atoms with Crippen LogP contribution in [0.25, 0.3) is 0 Å². The third kappa shape index (κ3) is 2.92. The monoisotopic (exact) mass is 316 g/mol. The maximum absolute atomic E-state index is 13.0. The number of alkyl halides is 3. The molecule has 0 aliphatic carbocycles. The summed E-state index contributed by atoms with van der Waals surface area (Å²) >= 11 is 0. The Morgan fingerprint density at radius 3 is 2.50 bits per heavy atom. The standard InChI is InChI=1S/C14H15F3N2O3/c1-9-8-13(21,14(15,16)17)19(18-9)12(20)7-10-3-5-11(22-2)6-4-10/h3-6,21H,7-8H2,1-2H3/t13-/m0/s1. The van der Waals surface area contributed by atoms with Crippen LogP contribution in [0, 0.1) is 0 Å². The number of carbonyl (C=O) groups is 1. The topological polar surface area (TPSA) is 62.1 Å². The highest BCUT2D eigenvalue weighted by atomic mass is 19.4. The van der Waals surface area contributed by atoms with Gasteiger partial charge >= 0.3 is 6.18 Å². The molecule has 120 valence electrons. The minimum atomic E-state index is -4.98. The highest BCUT2D eigenvalue weighted by Crippen LogP contribution is 2.40. The Hall–Kier alpha value is -2.09. The Morgan fingerprint density at radius 2 is 2.00 bits per heavy atom. The van der Waals surface area contributed by atoms with Crippen LogP contribution in [0.1, 0.15) is 18.9 Å². The fraction of sp³-hybridized carbons (Fsp3) is 0.429. The van der Waals surface area contributed by atoms with Gasteiger partial charge in [-0.1, -0.05) is 12.1 Å². The van der Waals surface area contributed by atoms with Gasteiger partial charge in [0.1, 0.15) is 5.75 Å². The summed E-state index contributed by atoms with van der Waals surface area (Å²) < 4.78 is 44.1. The number of aliphatic hydroxyl groups is 1. The van der Waals surface area contributed by atoms with E-state index in [1.165, 1.54) is 14.0 Å². The first-order valence-corrected chi connectivity index (χ1v) is 6.46. The van der Waals surface area contributed by atoms with Crippen LogP contribution in [0.5, 0.6) is 5.75 Å².